The Morgan fingerprint density at radius 1 is 1.00 bits per heavy atom. The highest BCUT2D eigenvalue weighted by Crippen LogP contribution is 2.37. The van der Waals surface area contributed by atoms with E-state index in [1.54, 1.807) is 24.1 Å². The highest BCUT2D eigenvalue weighted by molar-refractivity contribution is 6.32. The van der Waals surface area contributed by atoms with E-state index in [0.29, 0.717) is 54.7 Å². The maximum Gasteiger partial charge on any atom is 0.321 e. The summed E-state index contributed by atoms with van der Waals surface area (Å²) < 4.78 is 15.7. The number of methoxy groups -OCH3 is 3. The van der Waals surface area contributed by atoms with Gasteiger partial charge in [-0.1, -0.05) is 30.7 Å². The number of piperidine rings is 1. The molecule has 178 valence electrons. The van der Waals surface area contributed by atoms with Gasteiger partial charge in [-0.3, -0.25) is 4.79 Å². The first-order valence-corrected chi connectivity index (χ1v) is 11.1. The molecule has 1 aliphatic rings. The molecule has 1 saturated heterocycles. The number of anilines is 1. The van der Waals surface area contributed by atoms with E-state index in [2.05, 4.69) is 10.6 Å². The van der Waals surface area contributed by atoms with Gasteiger partial charge >= 0.3 is 6.03 Å². The second kappa shape index (κ2) is 10.7. The Bertz CT molecular complexity index is 988. The normalized spacial score (nSPS) is 14.9. The molecule has 33 heavy (non-hydrogen) atoms. The fraction of sp³-hybridized carbons (Fsp3) is 0.417. The number of hydrogen-bond donors (Lipinski definition) is 2. The van der Waals surface area contributed by atoms with Gasteiger partial charge in [0.05, 0.1) is 32.0 Å². The summed E-state index contributed by atoms with van der Waals surface area (Å²) in [6.45, 7) is 3.31. The first-order chi connectivity index (χ1) is 15.8. The number of carbonyl (C=O) groups is 2. The predicted molar refractivity (Wildman–Crippen MR) is 127 cm³/mol. The molecular formula is C24H30ClN3O5. The second-order valence-corrected chi connectivity index (χ2v) is 8.60. The molecule has 1 heterocycles. The largest absolute Gasteiger partial charge is 0.497 e. The summed E-state index contributed by atoms with van der Waals surface area (Å²) in [6.07, 6.45) is 1.13. The van der Waals surface area contributed by atoms with Gasteiger partial charge in [-0.05, 0) is 36.6 Å². The van der Waals surface area contributed by atoms with E-state index in [1.807, 2.05) is 31.2 Å². The summed E-state index contributed by atoms with van der Waals surface area (Å²) in [5.41, 5.74) is 0.917. The van der Waals surface area contributed by atoms with Crippen molar-refractivity contribution < 1.29 is 23.8 Å². The molecule has 0 aliphatic carbocycles. The van der Waals surface area contributed by atoms with Gasteiger partial charge in [-0.15, -0.1) is 0 Å². The molecule has 0 spiro atoms. The van der Waals surface area contributed by atoms with Crippen LogP contribution < -0.4 is 24.8 Å². The molecule has 0 atom stereocenters. The van der Waals surface area contributed by atoms with Gasteiger partial charge in [0.1, 0.15) is 17.2 Å². The molecule has 9 heteroatoms. The zero-order chi connectivity index (χ0) is 24.0. The van der Waals surface area contributed by atoms with Crippen LogP contribution in [0.15, 0.2) is 36.4 Å². The molecule has 2 aromatic rings. The van der Waals surface area contributed by atoms with Crippen LogP contribution in [0, 0.1) is 5.41 Å². The lowest BCUT2D eigenvalue weighted by atomic mass is 9.79. The fourth-order valence-corrected chi connectivity index (χ4v) is 3.96. The first-order valence-electron chi connectivity index (χ1n) is 10.7. The van der Waals surface area contributed by atoms with Crippen LogP contribution in [0.4, 0.5) is 10.5 Å². The molecule has 0 saturated carbocycles. The fourth-order valence-electron chi connectivity index (χ4n) is 3.72. The molecule has 3 rings (SSSR count). The van der Waals surface area contributed by atoms with Crippen molar-refractivity contribution in [1.82, 2.24) is 10.2 Å². The van der Waals surface area contributed by atoms with Gasteiger partial charge in [0.25, 0.3) is 0 Å². The van der Waals surface area contributed by atoms with Crippen LogP contribution in [0.1, 0.15) is 25.3 Å². The number of hydrogen-bond acceptors (Lipinski definition) is 5. The van der Waals surface area contributed by atoms with Crippen molar-refractivity contribution in [3.63, 3.8) is 0 Å². The van der Waals surface area contributed by atoms with E-state index in [4.69, 9.17) is 25.8 Å². The van der Waals surface area contributed by atoms with Crippen LogP contribution in [-0.4, -0.2) is 51.3 Å². The van der Waals surface area contributed by atoms with Crippen LogP contribution in [0.2, 0.25) is 5.02 Å². The Labute approximate surface area is 199 Å². The summed E-state index contributed by atoms with van der Waals surface area (Å²) in [5.74, 6) is 1.67. The van der Waals surface area contributed by atoms with Gasteiger partial charge in [0.2, 0.25) is 5.91 Å². The third-order valence-electron chi connectivity index (χ3n) is 6.03. The van der Waals surface area contributed by atoms with Gasteiger partial charge < -0.3 is 29.7 Å². The van der Waals surface area contributed by atoms with Crippen LogP contribution in [0.3, 0.4) is 0 Å². The highest BCUT2D eigenvalue weighted by Gasteiger charge is 2.38. The van der Waals surface area contributed by atoms with Crippen molar-refractivity contribution >= 4 is 29.2 Å². The maximum atomic E-state index is 12.9. The Hall–Kier alpha value is -3.13. The Balaban J connectivity index is 1.55. The predicted octanol–water partition coefficient (Wildman–Crippen LogP) is 4.32. The average Bonchev–Trinajstić information content (AvgIpc) is 2.83. The van der Waals surface area contributed by atoms with Gasteiger partial charge in [-0.2, -0.15) is 0 Å². The molecule has 8 nitrogen and oxygen atoms in total. The minimum absolute atomic E-state index is 0.0121. The van der Waals surface area contributed by atoms with E-state index in [0.717, 1.165) is 11.3 Å². The lowest BCUT2D eigenvalue weighted by molar-refractivity contribution is -0.132. The zero-order valence-corrected chi connectivity index (χ0v) is 20.1. The van der Waals surface area contributed by atoms with Crippen LogP contribution in [0.25, 0.3) is 0 Å². The van der Waals surface area contributed by atoms with Crippen LogP contribution in [-0.2, 0) is 11.3 Å². The topological polar surface area (TPSA) is 89.1 Å². The number of amides is 3. The first kappa shape index (κ1) is 24.5. The number of carbonyl (C=O) groups excluding carboxylic acids is 2. The molecule has 2 N–H and O–H groups in total. The smallest absolute Gasteiger partial charge is 0.321 e. The summed E-state index contributed by atoms with van der Waals surface area (Å²) in [6, 6.07) is 10.5. The molecule has 1 fully saturated rings. The summed E-state index contributed by atoms with van der Waals surface area (Å²) in [5, 5.41) is 6.24. The SMILES string of the molecule is COc1ccc(CNC(=O)C2(C)CCN(C(=O)Nc3cc(Cl)c(OC)cc3OC)CC2)cc1. The second-order valence-electron chi connectivity index (χ2n) is 8.20. The van der Waals surface area contributed by atoms with E-state index in [1.165, 1.54) is 14.2 Å². The lowest BCUT2D eigenvalue weighted by Gasteiger charge is -2.38. The third kappa shape index (κ3) is 5.82. The van der Waals surface area contributed by atoms with Crippen LogP contribution >= 0.6 is 11.6 Å². The zero-order valence-electron chi connectivity index (χ0n) is 19.4. The number of ether oxygens (including phenoxy) is 3. The average molecular weight is 476 g/mol. The monoisotopic (exact) mass is 475 g/mol. The van der Waals surface area contributed by atoms with E-state index >= 15 is 0 Å². The quantitative estimate of drug-likeness (QED) is 0.622. The van der Waals surface area contributed by atoms with Crippen molar-refractivity contribution in [2.24, 2.45) is 5.41 Å². The number of likely N-dealkylation sites (tertiary alicyclic amines) is 1. The van der Waals surface area contributed by atoms with Crippen molar-refractivity contribution in [1.29, 1.82) is 0 Å². The van der Waals surface area contributed by atoms with Gasteiger partial charge in [0, 0.05) is 31.1 Å². The number of benzene rings is 2. The van der Waals surface area contributed by atoms with Gasteiger partial charge in [-0.25, -0.2) is 4.79 Å². The van der Waals surface area contributed by atoms with Crippen LogP contribution in [0.5, 0.6) is 17.2 Å². The van der Waals surface area contributed by atoms with Gasteiger partial charge in [0.15, 0.2) is 0 Å². The Kier molecular flexibility index (Phi) is 7.92. The van der Waals surface area contributed by atoms with E-state index in [-0.39, 0.29) is 11.9 Å². The van der Waals surface area contributed by atoms with Crippen molar-refractivity contribution in [2.45, 2.75) is 26.3 Å². The summed E-state index contributed by atoms with van der Waals surface area (Å²) in [4.78, 5) is 27.4. The molecule has 0 radical (unpaired) electrons. The standard InChI is InChI=1S/C24H30ClN3O5/c1-24(22(29)26-15-16-5-7-17(31-2)8-6-16)9-11-28(12-10-24)23(30)27-19-13-18(25)20(32-3)14-21(19)33-4/h5-8,13-14H,9-12,15H2,1-4H3,(H,26,29)(H,27,30). The van der Waals surface area contributed by atoms with E-state index in [9.17, 15) is 9.59 Å². The molecule has 0 bridgehead atoms. The molecule has 3 amide bonds. The minimum Gasteiger partial charge on any atom is -0.497 e. The lowest BCUT2D eigenvalue weighted by Crippen LogP contribution is -2.49. The molecule has 0 aromatic heterocycles. The Morgan fingerprint density at radius 3 is 2.21 bits per heavy atom. The number of rotatable bonds is 7. The van der Waals surface area contributed by atoms with Crippen molar-refractivity contribution in [3.05, 3.63) is 47.0 Å². The Morgan fingerprint density at radius 2 is 1.64 bits per heavy atom. The number of nitrogens with zero attached hydrogens (tertiary/aromatic N) is 1. The molecule has 2 aromatic carbocycles. The molecule has 0 unspecified atom stereocenters. The van der Waals surface area contributed by atoms with Crippen molar-refractivity contribution in [3.8, 4) is 17.2 Å². The van der Waals surface area contributed by atoms with E-state index < -0.39 is 5.41 Å². The maximum absolute atomic E-state index is 12.9. The summed E-state index contributed by atoms with van der Waals surface area (Å²) in [7, 11) is 4.64. The highest BCUT2D eigenvalue weighted by atomic mass is 35.5. The molecular weight excluding hydrogens is 446 g/mol. The summed E-state index contributed by atoms with van der Waals surface area (Å²) >= 11 is 6.19. The number of urea groups is 1. The number of halogens is 1. The van der Waals surface area contributed by atoms with Crippen molar-refractivity contribution in [2.75, 3.05) is 39.7 Å². The molecule has 1 aliphatic heterocycles. The number of nitrogens with one attached hydrogen (secondary N) is 2. The minimum atomic E-state index is -0.537. The third-order valence-corrected chi connectivity index (χ3v) is 6.33.